The zero-order valence-corrected chi connectivity index (χ0v) is 22.3. The average molecular weight is 556 g/mol. The number of nitrogens with zero attached hydrogens (tertiary/aromatic N) is 2. The maximum Gasteiger partial charge on any atom is 0.256 e. The number of ether oxygens (including phenoxy) is 1. The quantitative estimate of drug-likeness (QED) is 0.493. The molecule has 1 aromatic heterocycles. The van der Waals surface area contributed by atoms with E-state index in [-0.39, 0.29) is 30.9 Å². The van der Waals surface area contributed by atoms with Gasteiger partial charge in [0.15, 0.2) is 0 Å². The van der Waals surface area contributed by atoms with E-state index in [1.165, 1.54) is 6.26 Å². The number of piperidine rings is 1. The molecule has 1 N–H and O–H groups in total. The van der Waals surface area contributed by atoms with E-state index < -0.39 is 11.8 Å². The summed E-state index contributed by atoms with van der Waals surface area (Å²) in [5.74, 6) is -0.180. The first-order valence-electron chi connectivity index (χ1n) is 12.4. The monoisotopic (exact) mass is 555 g/mol. The Morgan fingerprint density at radius 3 is 2.42 bits per heavy atom. The zero-order valence-electron chi connectivity index (χ0n) is 20.8. The van der Waals surface area contributed by atoms with Crippen LogP contribution in [0.5, 0.6) is 0 Å². The fourth-order valence-corrected chi connectivity index (χ4v) is 5.36. The van der Waals surface area contributed by atoms with Crippen molar-refractivity contribution in [2.45, 2.75) is 38.1 Å². The van der Waals surface area contributed by atoms with E-state index in [9.17, 15) is 14.4 Å². The Labute approximate surface area is 230 Å². The highest BCUT2D eigenvalue weighted by Crippen LogP contribution is 2.39. The number of furan rings is 1. The maximum atomic E-state index is 13.9. The predicted octanol–water partition coefficient (Wildman–Crippen LogP) is 4.68. The van der Waals surface area contributed by atoms with Gasteiger partial charge in [0, 0.05) is 37.1 Å². The first-order chi connectivity index (χ1) is 18.3. The lowest BCUT2D eigenvalue weighted by molar-refractivity contribution is -0.128. The summed E-state index contributed by atoms with van der Waals surface area (Å²) in [5.41, 5.74) is 0.839. The highest BCUT2D eigenvalue weighted by Gasteiger charge is 2.54. The van der Waals surface area contributed by atoms with Crippen molar-refractivity contribution in [1.29, 1.82) is 0 Å². The second-order valence-electron chi connectivity index (χ2n) is 9.54. The van der Waals surface area contributed by atoms with Crippen molar-refractivity contribution in [1.82, 2.24) is 15.1 Å². The van der Waals surface area contributed by atoms with E-state index in [0.717, 1.165) is 5.56 Å². The topological polar surface area (TPSA) is 92.1 Å². The van der Waals surface area contributed by atoms with Gasteiger partial charge in [0.25, 0.3) is 11.8 Å². The Hall–Kier alpha value is -3.33. The Bertz CT molecular complexity index is 1350. The molecule has 1 atom stereocenters. The third-order valence-electron chi connectivity index (χ3n) is 7.06. The molecular weight excluding hydrogens is 529 g/mol. The molecule has 0 bridgehead atoms. The van der Waals surface area contributed by atoms with Crippen molar-refractivity contribution in [3.8, 4) is 0 Å². The molecule has 5 rings (SSSR count). The molecule has 2 aliphatic rings. The Kier molecular flexibility index (Phi) is 7.47. The van der Waals surface area contributed by atoms with Crippen molar-refractivity contribution < 1.29 is 23.5 Å². The van der Waals surface area contributed by atoms with Crippen molar-refractivity contribution in [3.63, 3.8) is 0 Å². The minimum atomic E-state index is -1.01. The molecule has 0 aliphatic carbocycles. The average Bonchev–Trinajstić information content (AvgIpc) is 3.57. The highest BCUT2D eigenvalue weighted by molar-refractivity contribution is 6.42. The van der Waals surface area contributed by atoms with Crippen LogP contribution < -0.4 is 5.32 Å². The minimum absolute atomic E-state index is 0.0578. The van der Waals surface area contributed by atoms with Crippen molar-refractivity contribution in [2.24, 2.45) is 0 Å². The molecule has 2 fully saturated rings. The molecule has 0 saturated carbocycles. The molecule has 38 heavy (non-hydrogen) atoms. The molecule has 10 heteroatoms. The summed E-state index contributed by atoms with van der Waals surface area (Å²) in [6, 6.07) is 14.7. The van der Waals surface area contributed by atoms with Gasteiger partial charge in [-0.3, -0.25) is 19.3 Å². The number of likely N-dealkylation sites (tertiary alicyclic amines) is 1. The number of hydrogen-bond acceptors (Lipinski definition) is 5. The molecule has 198 valence electrons. The van der Waals surface area contributed by atoms with Gasteiger partial charge >= 0.3 is 0 Å². The van der Waals surface area contributed by atoms with Gasteiger partial charge in [-0.2, -0.15) is 0 Å². The molecule has 3 heterocycles. The minimum Gasteiger partial charge on any atom is -0.467 e. The lowest BCUT2D eigenvalue weighted by Gasteiger charge is -2.44. The molecule has 8 nitrogen and oxygen atoms in total. The van der Waals surface area contributed by atoms with Crippen molar-refractivity contribution >= 4 is 40.9 Å². The molecule has 3 amide bonds. The van der Waals surface area contributed by atoms with E-state index in [0.29, 0.717) is 52.9 Å². The SMILES string of the molecule is Cc1cccc(C(=O)N2C(C(=O)NCc3ccco3)COC23CCN(C(=O)c2ccc(Cl)c(Cl)c2)CC3)c1. The van der Waals surface area contributed by atoms with Crippen LogP contribution in [0.25, 0.3) is 0 Å². The van der Waals surface area contributed by atoms with Crippen LogP contribution in [0.4, 0.5) is 0 Å². The van der Waals surface area contributed by atoms with Crippen molar-refractivity contribution in [3.05, 3.63) is 93.4 Å². The van der Waals surface area contributed by atoms with Gasteiger partial charge in [0.05, 0.1) is 29.5 Å². The van der Waals surface area contributed by atoms with Gasteiger partial charge in [-0.05, 0) is 49.4 Å². The number of carbonyl (C=O) groups excluding carboxylic acids is 3. The third-order valence-corrected chi connectivity index (χ3v) is 7.80. The summed E-state index contributed by atoms with van der Waals surface area (Å²) in [5, 5.41) is 3.55. The molecule has 3 aromatic rings. The third kappa shape index (κ3) is 5.16. The lowest BCUT2D eigenvalue weighted by atomic mass is 9.95. The second kappa shape index (κ2) is 10.8. The molecule has 1 spiro atoms. The number of hydrogen-bond donors (Lipinski definition) is 1. The van der Waals surface area contributed by atoms with Gasteiger partial charge < -0.3 is 19.4 Å². The van der Waals surface area contributed by atoms with E-state index in [1.807, 2.05) is 19.1 Å². The fraction of sp³-hybridized carbons (Fsp3) is 0.321. The van der Waals surface area contributed by atoms with Crippen LogP contribution in [0.15, 0.2) is 65.3 Å². The number of nitrogens with one attached hydrogen (secondary N) is 1. The summed E-state index contributed by atoms with van der Waals surface area (Å²) < 4.78 is 11.6. The van der Waals surface area contributed by atoms with Crippen LogP contribution >= 0.6 is 23.2 Å². The molecule has 2 aromatic carbocycles. The summed E-state index contributed by atoms with van der Waals surface area (Å²) in [6.45, 7) is 2.86. The van der Waals surface area contributed by atoms with Gasteiger partial charge in [0.1, 0.15) is 17.5 Å². The van der Waals surface area contributed by atoms with E-state index >= 15 is 0 Å². The maximum absolute atomic E-state index is 13.9. The molecule has 2 aliphatic heterocycles. The number of halogens is 2. The normalized spacial score (nSPS) is 18.6. The summed E-state index contributed by atoms with van der Waals surface area (Å²) >= 11 is 12.1. The van der Waals surface area contributed by atoms with Crippen LogP contribution in [0.3, 0.4) is 0 Å². The van der Waals surface area contributed by atoms with Crippen LogP contribution in [0, 0.1) is 6.92 Å². The van der Waals surface area contributed by atoms with E-state index in [2.05, 4.69) is 5.32 Å². The van der Waals surface area contributed by atoms with Gasteiger partial charge in [-0.25, -0.2) is 0 Å². The number of aryl methyl sites for hydroxylation is 1. The Balaban J connectivity index is 1.37. The smallest absolute Gasteiger partial charge is 0.256 e. The predicted molar refractivity (Wildman–Crippen MR) is 142 cm³/mol. The second-order valence-corrected chi connectivity index (χ2v) is 10.4. The number of benzene rings is 2. The Morgan fingerprint density at radius 1 is 0.974 bits per heavy atom. The largest absolute Gasteiger partial charge is 0.467 e. The standard InChI is InChI=1S/C28H27Cl2N3O5/c1-18-4-2-5-19(14-18)27(36)33-24(25(34)31-16-21-6-3-13-37-21)17-38-28(33)9-11-32(12-10-28)26(35)20-7-8-22(29)23(30)15-20/h2-8,13-15,24H,9-12,16-17H2,1H3,(H,31,34). The molecule has 2 saturated heterocycles. The summed E-state index contributed by atoms with van der Waals surface area (Å²) in [7, 11) is 0. The molecule has 1 unspecified atom stereocenters. The summed E-state index contributed by atoms with van der Waals surface area (Å²) in [6.07, 6.45) is 2.26. The fourth-order valence-electron chi connectivity index (χ4n) is 5.06. The van der Waals surface area contributed by atoms with Gasteiger partial charge in [-0.15, -0.1) is 0 Å². The lowest BCUT2D eigenvalue weighted by Crippen LogP contribution is -2.59. The van der Waals surface area contributed by atoms with Gasteiger partial charge in [-0.1, -0.05) is 40.9 Å². The van der Waals surface area contributed by atoms with E-state index in [4.69, 9.17) is 32.4 Å². The van der Waals surface area contributed by atoms with Crippen LogP contribution in [-0.2, 0) is 16.1 Å². The van der Waals surface area contributed by atoms with Gasteiger partial charge in [0.2, 0.25) is 5.91 Å². The molecular formula is C28H27Cl2N3O5. The van der Waals surface area contributed by atoms with Crippen LogP contribution in [0.2, 0.25) is 10.0 Å². The highest BCUT2D eigenvalue weighted by atomic mass is 35.5. The van der Waals surface area contributed by atoms with E-state index in [1.54, 1.807) is 52.3 Å². The van der Waals surface area contributed by atoms with Crippen molar-refractivity contribution in [2.75, 3.05) is 19.7 Å². The molecule has 0 radical (unpaired) electrons. The zero-order chi connectivity index (χ0) is 26.9. The number of amides is 3. The number of rotatable bonds is 5. The summed E-state index contributed by atoms with van der Waals surface area (Å²) in [4.78, 5) is 43.6. The van der Waals surface area contributed by atoms with Crippen LogP contribution in [-0.4, -0.2) is 59.0 Å². The van der Waals surface area contributed by atoms with Crippen LogP contribution in [0.1, 0.15) is 44.9 Å². The Morgan fingerprint density at radius 2 is 1.74 bits per heavy atom. The number of carbonyl (C=O) groups is 3. The first-order valence-corrected chi connectivity index (χ1v) is 13.1. The first kappa shape index (κ1) is 26.3.